The van der Waals surface area contributed by atoms with E-state index in [0.29, 0.717) is 30.2 Å². The Balaban J connectivity index is 1.64. The number of rotatable bonds is 4. The molecule has 1 aromatic heterocycles. The van der Waals surface area contributed by atoms with Gasteiger partial charge in [-0.3, -0.25) is 4.79 Å². The Morgan fingerprint density at radius 3 is 2.48 bits per heavy atom. The molecule has 0 bridgehead atoms. The van der Waals surface area contributed by atoms with Crippen LogP contribution in [0.5, 0.6) is 6.01 Å². The van der Waals surface area contributed by atoms with Crippen molar-refractivity contribution in [3.8, 4) is 6.01 Å². The summed E-state index contributed by atoms with van der Waals surface area (Å²) in [5.74, 6) is -0.507. The number of aromatic nitrogens is 2. The Labute approximate surface area is 145 Å². The molecule has 1 aliphatic heterocycles. The number of esters is 1. The Bertz CT molecular complexity index is 734. The van der Waals surface area contributed by atoms with Crippen LogP contribution < -0.4 is 4.74 Å². The SMILES string of the molecule is COC(=O)c1ccc(C(=O)N2CCC[C@@H](Oc3ncccn3)C2)cc1. The molecule has 3 rings (SSSR count). The first-order chi connectivity index (χ1) is 12.2. The molecule has 7 nitrogen and oxygen atoms in total. The number of likely N-dealkylation sites (tertiary alicyclic amines) is 1. The van der Waals surface area contributed by atoms with Crippen molar-refractivity contribution in [2.45, 2.75) is 18.9 Å². The third-order valence-electron chi connectivity index (χ3n) is 4.03. The Morgan fingerprint density at radius 2 is 1.80 bits per heavy atom. The van der Waals surface area contributed by atoms with Crippen LogP contribution in [-0.2, 0) is 4.74 Å². The minimum atomic E-state index is -0.423. The number of benzene rings is 1. The van der Waals surface area contributed by atoms with Crippen LogP contribution in [0.2, 0.25) is 0 Å². The number of hydrogen-bond donors (Lipinski definition) is 0. The van der Waals surface area contributed by atoms with Gasteiger partial charge in [-0.25, -0.2) is 14.8 Å². The quantitative estimate of drug-likeness (QED) is 0.791. The maximum absolute atomic E-state index is 12.7. The zero-order chi connectivity index (χ0) is 17.6. The molecule has 0 saturated carbocycles. The largest absolute Gasteiger partial charge is 0.465 e. The molecule has 0 unspecified atom stereocenters. The van der Waals surface area contributed by atoms with Crippen LogP contribution in [-0.4, -0.2) is 53.0 Å². The zero-order valence-electron chi connectivity index (χ0n) is 13.9. The van der Waals surface area contributed by atoms with Crippen LogP contribution in [0.15, 0.2) is 42.7 Å². The van der Waals surface area contributed by atoms with E-state index in [1.165, 1.54) is 7.11 Å². The lowest BCUT2D eigenvalue weighted by Crippen LogP contribution is -2.44. The van der Waals surface area contributed by atoms with Crippen LogP contribution in [0.1, 0.15) is 33.6 Å². The van der Waals surface area contributed by atoms with Crippen molar-refractivity contribution in [1.82, 2.24) is 14.9 Å². The lowest BCUT2D eigenvalue weighted by Gasteiger charge is -2.32. The second-order valence-electron chi connectivity index (χ2n) is 5.73. The van der Waals surface area contributed by atoms with Gasteiger partial charge in [-0.2, -0.15) is 0 Å². The van der Waals surface area contributed by atoms with Gasteiger partial charge in [0.1, 0.15) is 6.10 Å². The molecule has 0 spiro atoms. The van der Waals surface area contributed by atoms with Crippen molar-refractivity contribution in [1.29, 1.82) is 0 Å². The molecule has 1 atom stereocenters. The number of amides is 1. The number of hydrogen-bond acceptors (Lipinski definition) is 6. The minimum Gasteiger partial charge on any atom is -0.465 e. The lowest BCUT2D eigenvalue weighted by molar-refractivity contribution is 0.0515. The van der Waals surface area contributed by atoms with Crippen LogP contribution in [0.3, 0.4) is 0 Å². The van der Waals surface area contributed by atoms with E-state index in [2.05, 4.69) is 14.7 Å². The number of carbonyl (C=O) groups is 2. The molecule has 0 aliphatic carbocycles. The van der Waals surface area contributed by atoms with E-state index in [0.717, 1.165) is 12.8 Å². The second kappa shape index (κ2) is 7.74. The smallest absolute Gasteiger partial charge is 0.337 e. The molecule has 1 saturated heterocycles. The molecule has 7 heteroatoms. The van der Waals surface area contributed by atoms with Crippen LogP contribution in [0.4, 0.5) is 0 Å². The summed E-state index contributed by atoms with van der Waals surface area (Å²) in [6.45, 7) is 1.16. The summed E-state index contributed by atoms with van der Waals surface area (Å²) in [6, 6.07) is 8.51. The zero-order valence-corrected chi connectivity index (χ0v) is 13.9. The normalized spacial score (nSPS) is 17.0. The first kappa shape index (κ1) is 16.9. The van der Waals surface area contributed by atoms with Crippen molar-refractivity contribution in [2.75, 3.05) is 20.2 Å². The minimum absolute atomic E-state index is 0.0845. The van der Waals surface area contributed by atoms with Gasteiger partial charge in [-0.05, 0) is 43.2 Å². The molecule has 1 amide bonds. The molecule has 0 radical (unpaired) electrons. The third-order valence-corrected chi connectivity index (χ3v) is 4.03. The van der Waals surface area contributed by atoms with Crippen LogP contribution in [0, 0.1) is 0 Å². The lowest BCUT2D eigenvalue weighted by atomic mass is 10.1. The van der Waals surface area contributed by atoms with E-state index >= 15 is 0 Å². The molecule has 2 heterocycles. The summed E-state index contributed by atoms with van der Waals surface area (Å²) in [6.07, 6.45) is 4.81. The number of nitrogens with zero attached hydrogens (tertiary/aromatic N) is 3. The van der Waals surface area contributed by atoms with E-state index in [4.69, 9.17) is 4.74 Å². The van der Waals surface area contributed by atoms with Crippen molar-refractivity contribution in [2.24, 2.45) is 0 Å². The highest BCUT2D eigenvalue weighted by molar-refractivity contribution is 5.96. The molecular formula is C18H19N3O4. The fourth-order valence-electron chi connectivity index (χ4n) is 2.76. The van der Waals surface area contributed by atoms with Crippen LogP contribution >= 0.6 is 0 Å². The molecule has 2 aromatic rings. The summed E-state index contributed by atoms with van der Waals surface area (Å²) in [5.41, 5.74) is 0.949. The first-order valence-corrected chi connectivity index (χ1v) is 8.08. The van der Waals surface area contributed by atoms with Gasteiger partial charge in [0, 0.05) is 24.5 Å². The Morgan fingerprint density at radius 1 is 1.12 bits per heavy atom. The highest BCUT2D eigenvalue weighted by Gasteiger charge is 2.26. The fourth-order valence-corrected chi connectivity index (χ4v) is 2.76. The first-order valence-electron chi connectivity index (χ1n) is 8.08. The molecule has 130 valence electrons. The predicted molar refractivity (Wildman–Crippen MR) is 89.4 cm³/mol. The highest BCUT2D eigenvalue weighted by atomic mass is 16.5. The van der Waals surface area contributed by atoms with Gasteiger partial charge in [-0.15, -0.1) is 0 Å². The molecule has 25 heavy (non-hydrogen) atoms. The van der Waals surface area contributed by atoms with Gasteiger partial charge in [0.2, 0.25) is 0 Å². The monoisotopic (exact) mass is 341 g/mol. The average molecular weight is 341 g/mol. The number of piperidine rings is 1. The highest BCUT2D eigenvalue weighted by Crippen LogP contribution is 2.18. The fraction of sp³-hybridized carbons (Fsp3) is 0.333. The summed E-state index contributed by atoms with van der Waals surface area (Å²) >= 11 is 0. The Kier molecular flexibility index (Phi) is 5.23. The Hall–Kier alpha value is -2.96. The van der Waals surface area contributed by atoms with Gasteiger partial charge < -0.3 is 14.4 Å². The summed E-state index contributed by atoms with van der Waals surface area (Å²) < 4.78 is 10.4. The van der Waals surface area contributed by atoms with Gasteiger partial charge >= 0.3 is 12.0 Å². The number of ether oxygens (including phenoxy) is 2. The third kappa shape index (κ3) is 4.12. The average Bonchev–Trinajstić information content (AvgIpc) is 2.68. The molecular weight excluding hydrogens is 322 g/mol. The maximum atomic E-state index is 12.7. The predicted octanol–water partition coefficient (Wildman–Crippen LogP) is 1.95. The van der Waals surface area contributed by atoms with Crippen LogP contribution in [0.25, 0.3) is 0 Å². The summed E-state index contributed by atoms with van der Waals surface area (Å²) in [5, 5.41) is 0. The van der Waals surface area contributed by atoms with Crippen molar-refractivity contribution >= 4 is 11.9 Å². The molecule has 1 aromatic carbocycles. The van der Waals surface area contributed by atoms with Gasteiger partial charge in [0.05, 0.1) is 19.2 Å². The summed E-state index contributed by atoms with van der Waals surface area (Å²) in [4.78, 5) is 34.0. The summed E-state index contributed by atoms with van der Waals surface area (Å²) in [7, 11) is 1.33. The topological polar surface area (TPSA) is 81.6 Å². The molecule has 1 aliphatic rings. The maximum Gasteiger partial charge on any atom is 0.337 e. The van der Waals surface area contributed by atoms with Crippen molar-refractivity contribution < 1.29 is 19.1 Å². The standard InChI is InChI=1S/C18H19N3O4/c1-24-17(23)14-7-5-13(6-8-14)16(22)21-11-2-4-15(12-21)25-18-19-9-3-10-20-18/h3,5-10,15H,2,4,11-12H2,1H3/t15-/m1/s1. The van der Waals surface area contributed by atoms with E-state index in [1.54, 1.807) is 47.6 Å². The molecule has 1 fully saturated rings. The molecule has 0 N–H and O–H groups in total. The van der Waals surface area contributed by atoms with Crippen molar-refractivity contribution in [3.63, 3.8) is 0 Å². The number of methoxy groups -OCH3 is 1. The van der Waals surface area contributed by atoms with E-state index in [1.807, 2.05) is 0 Å². The van der Waals surface area contributed by atoms with Gasteiger partial charge in [0.25, 0.3) is 5.91 Å². The van der Waals surface area contributed by atoms with E-state index < -0.39 is 5.97 Å². The van der Waals surface area contributed by atoms with E-state index in [9.17, 15) is 9.59 Å². The van der Waals surface area contributed by atoms with Gasteiger partial charge in [0.15, 0.2) is 0 Å². The number of carbonyl (C=O) groups excluding carboxylic acids is 2. The van der Waals surface area contributed by atoms with Gasteiger partial charge in [-0.1, -0.05) is 0 Å². The van der Waals surface area contributed by atoms with Crippen molar-refractivity contribution in [3.05, 3.63) is 53.9 Å². The van der Waals surface area contributed by atoms with E-state index in [-0.39, 0.29) is 12.0 Å². The second-order valence-corrected chi connectivity index (χ2v) is 5.73.